The van der Waals surface area contributed by atoms with Gasteiger partial charge in [0.15, 0.2) is 16.3 Å². The molecule has 118 valence electrons. The summed E-state index contributed by atoms with van der Waals surface area (Å²) in [4.78, 5) is 18.0. The lowest BCUT2D eigenvalue weighted by atomic mass is 9.99. The first kappa shape index (κ1) is 15.2. The molecule has 1 aliphatic rings. The van der Waals surface area contributed by atoms with Gasteiger partial charge in [0.25, 0.3) is 5.91 Å². The van der Waals surface area contributed by atoms with Crippen LogP contribution < -0.4 is 5.73 Å². The molecular weight excluding hydrogens is 352 g/mol. The van der Waals surface area contributed by atoms with Crippen LogP contribution in [-0.2, 0) is 12.1 Å². The Labute approximate surface area is 136 Å². The minimum absolute atomic E-state index is 0.209. The van der Waals surface area contributed by atoms with Gasteiger partial charge in [-0.3, -0.25) is 4.79 Å². The number of hydrogen-bond acceptors (Lipinski definition) is 6. The molecule has 8 heteroatoms. The third kappa shape index (κ3) is 2.93. The molecule has 1 amide bonds. The van der Waals surface area contributed by atoms with Crippen molar-refractivity contribution in [2.24, 2.45) is 5.73 Å². The predicted octanol–water partition coefficient (Wildman–Crippen LogP) is 2.43. The molecule has 1 fully saturated rings. The van der Waals surface area contributed by atoms with Crippen molar-refractivity contribution in [1.82, 2.24) is 15.0 Å². The molecule has 0 bridgehead atoms. The standard InChI is InChI=1S/C14H17BrN4O3/c1-19(12(20)9-4-5-10(15)21-9)8-11-17-13(18-22-11)14(16)6-2-3-7-14/h4-5H,2-3,6-8,16H2,1H3. The molecule has 0 aromatic carbocycles. The second-order valence-electron chi connectivity index (χ2n) is 5.64. The highest BCUT2D eigenvalue weighted by molar-refractivity contribution is 9.10. The summed E-state index contributed by atoms with van der Waals surface area (Å²) in [6.45, 7) is 0.209. The van der Waals surface area contributed by atoms with Crippen LogP contribution in [0.1, 0.15) is 48.0 Å². The summed E-state index contributed by atoms with van der Waals surface area (Å²) in [7, 11) is 1.65. The number of amides is 1. The Hall–Kier alpha value is -1.67. The number of hydrogen-bond donors (Lipinski definition) is 1. The van der Waals surface area contributed by atoms with Gasteiger partial charge in [0.1, 0.15) is 6.54 Å². The second kappa shape index (κ2) is 5.85. The van der Waals surface area contributed by atoms with E-state index in [1.807, 2.05) is 0 Å². The molecule has 2 N–H and O–H groups in total. The number of aromatic nitrogens is 2. The number of carbonyl (C=O) groups is 1. The van der Waals surface area contributed by atoms with Gasteiger partial charge in [0.2, 0.25) is 5.89 Å². The van der Waals surface area contributed by atoms with Crippen molar-refractivity contribution in [3.8, 4) is 0 Å². The smallest absolute Gasteiger partial charge is 0.289 e. The molecule has 2 aromatic rings. The number of rotatable bonds is 4. The van der Waals surface area contributed by atoms with Gasteiger partial charge in [-0.25, -0.2) is 0 Å². The fraction of sp³-hybridized carbons (Fsp3) is 0.500. The number of nitrogens with two attached hydrogens (primary N) is 1. The van der Waals surface area contributed by atoms with Crippen LogP contribution in [0.15, 0.2) is 25.7 Å². The molecule has 1 aliphatic carbocycles. The number of nitrogens with zero attached hydrogens (tertiary/aromatic N) is 3. The minimum atomic E-state index is -0.490. The predicted molar refractivity (Wildman–Crippen MR) is 80.8 cm³/mol. The van der Waals surface area contributed by atoms with E-state index in [9.17, 15) is 4.79 Å². The Morgan fingerprint density at radius 2 is 2.18 bits per heavy atom. The molecular formula is C14H17BrN4O3. The molecule has 0 aliphatic heterocycles. The lowest BCUT2D eigenvalue weighted by Crippen LogP contribution is -2.34. The quantitative estimate of drug-likeness (QED) is 0.889. The topological polar surface area (TPSA) is 98.4 Å². The van der Waals surface area contributed by atoms with Crippen LogP contribution in [0.25, 0.3) is 0 Å². The zero-order valence-corrected chi connectivity index (χ0v) is 13.8. The van der Waals surface area contributed by atoms with Gasteiger partial charge in [-0.05, 0) is 40.9 Å². The monoisotopic (exact) mass is 368 g/mol. The summed E-state index contributed by atoms with van der Waals surface area (Å²) >= 11 is 3.17. The van der Waals surface area contributed by atoms with E-state index in [-0.39, 0.29) is 18.2 Å². The first-order valence-corrected chi connectivity index (χ1v) is 7.90. The number of carbonyl (C=O) groups excluding carboxylic acids is 1. The molecule has 7 nitrogen and oxygen atoms in total. The summed E-state index contributed by atoms with van der Waals surface area (Å²) < 4.78 is 11.0. The Morgan fingerprint density at radius 3 is 2.82 bits per heavy atom. The Morgan fingerprint density at radius 1 is 1.45 bits per heavy atom. The van der Waals surface area contributed by atoms with E-state index in [4.69, 9.17) is 14.7 Å². The summed E-state index contributed by atoms with van der Waals surface area (Å²) in [5.41, 5.74) is 5.80. The van der Waals surface area contributed by atoms with Crippen LogP contribution in [0, 0.1) is 0 Å². The lowest BCUT2D eigenvalue weighted by molar-refractivity contribution is 0.0736. The molecule has 2 aromatic heterocycles. The fourth-order valence-electron chi connectivity index (χ4n) is 2.64. The van der Waals surface area contributed by atoms with Gasteiger partial charge in [-0.2, -0.15) is 4.98 Å². The summed E-state index contributed by atoms with van der Waals surface area (Å²) in [5.74, 6) is 0.892. The van der Waals surface area contributed by atoms with Crippen molar-refractivity contribution in [1.29, 1.82) is 0 Å². The van der Waals surface area contributed by atoms with E-state index < -0.39 is 5.54 Å². The zero-order valence-electron chi connectivity index (χ0n) is 12.2. The average Bonchev–Trinajstić information content (AvgIpc) is 3.20. The first-order valence-electron chi connectivity index (χ1n) is 7.11. The van der Waals surface area contributed by atoms with E-state index in [0.29, 0.717) is 16.4 Å². The maximum absolute atomic E-state index is 12.2. The van der Waals surface area contributed by atoms with Crippen LogP contribution in [0.2, 0.25) is 0 Å². The van der Waals surface area contributed by atoms with Crippen molar-refractivity contribution in [3.05, 3.63) is 34.3 Å². The highest BCUT2D eigenvalue weighted by Gasteiger charge is 2.36. The Bertz CT molecular complexity index is 675. The van der Waals surface area contributed by atoms with E-state index in [1.165, 1.54) is 4.90 Å². The molecule has 0 unspecified atom stereocenters. The van der Waals surface area contributed by atoms with Crippen LogP contribution >= 0.6 is 15.9 Å². The average molecular weight is 369 g/mol. The van der Waals surface area contributed by atoms with Crippen molar-refractivity contribution in [3.63, 3.8) is 0 Å². The van der Waals surface area contributed by atoms with Crippen LogP contribution in [0.3, 0.4) is 0 Å². The first-order chi connectivity index (χ1) is 10.5. The number of furan rings is 1. The Balaban J connectivity index is 1.68. The number of halogens is 1. The van der Waals surface area contributed by atoms with E-state index in [1.54, 1.807) is 19.2 Å². The maximum Gasteiger partial charge on any atom is 0.289 e. The summed E-state index contributed by atoms with van der Waals surface area (Å²) in [6.07, 6.45) is 3.88. The molecule has 22 heavy (non-hydrogen) atoms. The van der Waals surface area contributed by atoms with Crippen LogP contribution in [0.4, 0.5) is 0 Å². The third-order valence-corrected chi connectivity index (χ3v) is 4.34. The molecule has 0 atom stereocenters. The fourth-order valence-corrected chi connectivity index (χ4v) is 2.95. The molecule has 2 heterocycles. The molecule has 0 saturated heterocycles. The minimum Gasteiger partial charge on any atom is -0.444 e. The maximum atomic E-state index is 12.2. The van der Waals surface area contributed by atoms with Crippen LogP contribution in [0.5, 0.6) is 0 Å². The Kier molecular flexibility index (Phi) is 4.05. The molecule has 0 spiro atoms. The summed E-state index contributed by atoms with van der Waals surface area (Å²) in [6, 6.07) is 3.28. The highest BCUT2D eigenvalue weighted by Crippen LogP contribution is 2.34. The second-order valence-corrected chi connectivity index (χ2v) is 6.42. The van der Waals surface area contributed by atoms with E-state index >= 15 is 0 Å². The van der Waals surface area contributed by atoms with Crippen molar-refractivity contribution >= 4 is 21.8 Å². The third-order valence-electron chi connectivity index (χ3n) is 3.91. The van der Waals surface area contributed by atoms with Crippen LogP contribution in [-0.4, -0.2) is 28.0 Å². The molecule has 0 radical (unpaired) electrons. The molecule has 1 saturated carbocycles. The van der Waals surface area contributed by atoms with Crippen molar-refractivity contribution in [2.45, 2.75) is 37.8 Å². The van der Waals surface area contributed by atoms with Crippen molar-refractivity contribution < 1.29 is 13.7 Å². The normalized spacial score (nSPS) is 16.9. The zero-order chi connectivity index (χ0) is 15.7. The largest absolute Gasteiger partial charge is 0.444 e. The van der Waals surface area contributed by atoms with Gasteiger partial charge < -0.3 is 19.6 Å². The summed E-state index contributed by atoms with van der Waals surface area (Å²) in [5, 5.41) is 3.98. The van der Waals surface area contributed by atoms with E-state index in [2.05, 4.69) is 26.1 Å². The lowest BCUT2D eigenvalue weighted by Gasteiger charge is -2.17. The SMILES string of the molecule is CN(Cc1nc(C2(N)CCCC2)no1)C(=O)c1ccc(Br)o1. The van der Waals surface area contributed by atoms with Gasteiger partial charge in [-0.15, -0.1) is 0 Å². The van der Waals surface area contributed by atoms with Gasteiger partial charge in [0.05, 0.1) is 5.54 Å². The highest BCUT2D eigenvalue weighted by atomic mass is 79.9. The molecule has 3 rings (SSSR count). The van der Waals surface area contributed by atoms with Gasteiger partial charge >= 0.3 is 0 Å². The van der Waals surface area contributed by atoms with Gasteiger partial charge in [-0.1, -0.05) is 18.0 Å². The van der Waals surface area contributed by atoms with Crippen molar-refractivity contribution in [2.75, 3.05) is 7.05 Å². The van der Waals surface area contributed by atoms with Gasteiger partial charge in [0, 0.05) is 7.05 Å². The van der Waals surface area contributed by atoms with E-state index in [0.717, 1.165) is 25.7 Å².